The molecule has 1 aromatic carbocycles. The van der Waals surface area contributed by atoms with Crippen molar-refractivity contribution in [3.05, 3.63) is 35.4 Å². The van der Waals surface area contributed by atoms with Gasteiger partial charge in [-0.1, -0.05) is 29.8 Å². The molecule has 0 bridgehead atoms. The molecular weight excluding hydrogens is 166 g/mol. The summed E-state index contributed by atoms with van der Waals surface area (Å²) in [5.41, 5.74) is 6.62. The first-order chi connectivity index (χ1) is 6.09. The first-order valence-electron chi connectivity index (χ1n) is 3.81. The lowest BCUT2D eigenvalue weighted by molar-refractivity contribution is 0.253. The van der Waals surface area contributed by atoms with Crippen LogP contribution in [0.3, 0.4) is 0 Å². The summed E-state index contributed by atoms with van der Waals surface area (Å²) in [5, 5.41) is 9.62. The van der Waals surface area contributed by atoms with Gasteiger partial charge in [-0.15, -0.1) is 0 Å². The fourth-order valence-electron chi connectivity index (χ4n) is 0.916. The Morgan fingerprint density at radius 1 is 1.38 bits per heavy atom. The molecule has 4 heteroatoms. The Labute approximate surface area is 76.3 Å². The minimum atomic E-state index is -0.717. The van der Waals surface area contributed by atoms with Crippen LogP contribution in [-0.2, 0) is 0 Å². The molecule has 0 saturated carbocycles. The van der Waals surface area contributed by atoms with Crippen molar-refractivity contribution in [2.45, 2.75) is 6.92 Å². The van der Waals surface area contributed by atoms with Gasteiger partial charge in [-0.05, 0) is 6.92 Å². The summed E-state index contributed by atoms with van der Waals surface area (Å²) in [6.45, 7) is 1.95. The highest BCUT2D eigenvalue weighted by molar-refractivity contribution is 6.05. The van der Waals surface area contributed by atoms with Crippen LogP contribution >= 0.6 is 0 Å². The molecule has 0 aliphatic heterocycles. The van der Waals surface area contributed by atoms with Crippen molar-refractivity contribution in [2.24, 2.45) is 5.73 Å². The number of amidine groups is 1. The van der Waals surface area contributed by atoms with E-state index in [0.717, 1.165) is 5.56 Å². The summed E-state index contributed by atoms with van der Waals surface area (Å²) < 4.78 is 0. The Morgan fingerprint density at radius 3 is 2.38 bits per heavy atom. The van der Waals surface area contributed by atoms with Gasteiger partial charge in [0, 0.05) is 5.56 Å². The Balaban J connectivity index is 2.78. The Bertz CT molecular complexity index is 329. The van der Waals surface area contributed by atoms with Gasteiger partial charge in [-0.2, -0.15) is 0 Å². The van der Waals surface area contributed by atoms with E-state index in [-0.39, 0.29) is 5.84 Å². The van der Waals surface area contributed by atoms with Gasteiger partial charge in [0.25, 0.3) is 0 Å². The highest BCUT2D eigenvalue weighted by Gasteiger charge is 2.01. The van der Waals surface area contributed by atoms with Crippen LogP contribution in [0.25, 0.3) is 0 Å². The molecule has 0 aliphatic rings. The number of rotatable bonds is 1. The highest BCUT2D eigenvalue weighted by atomic mass is 16.2. The molecule has 13 heavy (non-hydrogen) atoms. The molecule has 0 aliphatic carbocycles. The molecule has 0 spiro atoms. The lowest BCUT2D eigenvalue weighted by Crippen LogP contribution is -2.34. The normalized spacial score (nSPS) is 9.31. The predicted octanol–water partition coefficient (Wildman–Crippen LogP) is 0.989. The van der Waals surface area contributed by atoms with Crippen LogP contribution in [0.1, 0.15) is 11.1 Å². The average Bonchev–Trinajstić information content (AvgIpc) is 2.04. The van der Waals surface area contributed by atoms with Gasteiger partial charge in [0.15, 0.2) is 0 Å². The summed E-state index contributed by atoms with van der Waals surface area (Å²) in [7, 11) is 0. The molecule has 68 valence electrons. The lowest BCUT2D eigenvalue weighted by atomic mass is 10.1. The van der Waals surface area contributed by atoms with E-state index in [0.29, 0.717) is 5.56 Å². The smallest absolute Gasteiger partial charge is 0.317 e. The number of carbonyl (C=O) groups is 1. The maximum Gasteiger partial charge on any atom is 0.317 e. The van der Waals surface area contributed by atoms with Gasteiger partial charge in [0.1, 0.15) is 5.84 Å². The molecule has 2 amide bonds. The fourth-order valence-corrected chi connectivity index (χ4v) is 0.916. The third kappa shape index (κ3) is 2.59. The summed E-state index contributed by atoms with van der Waals surface area (Å²) in [4.78, 5) is 10.4. The van der Waals surface area contributed by atoms with E-state index in [9.17, 15) is 4.79 Å². The largest absolute Gasteiger partial charge is 0.351 e. The quantitative estimate of drug-likeness (QED) is 0.434. The Kier molecular flexibility index (Phi) is 2.64. The maximum absolute atomic E-state index is 10.4. The van der Waals surface area contributed by atoms with E-state index < -0.39 is 6.03 Å². The molecule has 1 aromatic rings. The van der Waals surface area contributed by atoms with Crippen LogP contribution in [0.2, 0.25) is 0 Å². The zero-order chi connectivity index (χ0) is 9.84. The Hall–Kier alpha value is -1.84. The molecule has 0 aromatic heterocycles. The van der Waals surface area contributed by atoms with Crippen LogP contribution in [0.4, 0.5) is 4.79 Å². The zero-order valence-electron chi connectivity index (χ0n) is 7.29. The van der Waals surface area contributed by atoms with Gasteiger partial charge in [-0.3, -0.25) is 10.7 Å². The van der Waals surface area contributed by atoms with E-state index in [1.165, 1.54) is 0 Å². The molecule has 0 radical (unpaired) electrons. The lowest BCUT2D eigenvalue weighted by Gasteiger charge is -2.03. The number of urea groups is 1. The van der Waals surface area contributed by atoms with Crippen molar-refractivity contribution in [1.82, 2.24) is 5.32 Å². The molecule has 0 atom stereocenters. The van der Waals surface area contributed by atoms with Crippen molar-refractivity contribution in [3.63, 3.8) is 0 Å². The molecule has 1 rings (SSSR count). The number of hydrogen-bond donors (Lipinski definition) is 3. The van der Waals surface area contributed by atoms with Gasteiger partial charge in [0.2, 0.25) is 0 Å². The topological polar surface area (TPSA) is 79.0 Å². The number of aryl methyl sites for hydroxylation is 1. The number of hydrogen-bond acceptors (Lipinski definition) is 2. The highest BCUT2D eigenvalue weighted by Crippen LogP contribution is 2.02. The van der Waals surface area contributed by atoms with E-state index in [2.05, 4.69) is 5.32 Å². The SMILES string of the molecule is Cc1ccc(C(=N)NC(N)=O)cc1. The third-order valence-corrected chi connectivity index (χ3v) is 1.59. The van der Waals surface area contributed by atoms with E-state index >= 15 is 0 Å². The molecule has 0 heterocycles. The van der Waals surface area contributed by atoms with E-state index in [1.54, 1.807) is 12.1 Å². The number of primary amides is 1. The molecule has 0 saturated heterocycles. The van der Waals surface area contributed by atoms with Gasteiger partial charge in [-0.25, -0.2) is 4.79 Å². The number of benzene rings is 1. The van der Waals surface area contributed by atoms with E-state index in [1.807, 2.05) is 19.1 Å². The standard InChI is InChI=1S/C9H11N3O/c1-6-2-4-7(5-3-6)8(10)12-9(11)13/h2-5H,1H3,(H4,10,11,12,13). The van der Waals surface area contributed by atoms with Gasteiger partial charge in [0.05, 0.1) is 0 Å². The first-order valence-corrected chi connectivity index (χ1v) is 3.81. The summed E-state index contributed by atoms with van der Waals surface area (Å²) in [6, 6.07) is 6.53. The molecule has 4 N–H and O–H groups in total. The van der Waals surface area contributed by atoms with Crippen molar-refractivity contribution in [2.75, 3.05) is 0 Å². The minimum Gasteiger partial charge on any atom is -0.351 e. The van der Waals surface area contributed by atoms with Crippen LogP contribution in [0, 0.1) is 12.3 Å². The van der Waals surface area contributed by atoms with Crippen molar-refractivity contribution in [3.8, 4) is 0 Å². The summed E-state index contributed by atoms with van der Waals surface area (Å²) >= 11 is 0. The van der Waals surface area contributed by atoms with Crippen molar-refractivity contribution >= 4 is 11.9 Å². The maximum atomic E-state index is 10.4. The van der Waals surface area contributed by atoms with Crippen molar-refractivity contribution < 1.29 is 4.79 Å². The number of nitrogens with two attached hydrogens (primary N) is 1. The van der Waals surface area contributed by atoms with Crippen molar-refractivity contribution in [1.29, 1.82) is 5.41 Å². The summed E-state index contributed by atoms with van der Waals surface area (Å²) in [5.74, 6) is 0.0208. The van der Waals surface area contributed by atoms with Crippen LogP contribution < -0.4 is 11.1 Å². The van der Waals surface area contributed by atoms with Crippen LogP contribution in [0.5, 0.6) is 0 Å². The van der Waals surface area contributed by atoms with Gasteiger partial charge >= 0.3 is 6.03 Å². The second-order valence-corrected chi connectivity index (χ2v) is 2.73. The predicted molar refractivity (Wildman–Crippen MR) is 50.7 cm³/mol. The van der Waals surface area contributed by atoms with Crippen LogP contribution in [0.15, 0.2) is 24.3 Å². The number of carbonyl (C=O) groups excluding carboxylic acids is 1. The molecule has 0 unspecified atom stereocenters. The second kappa shape index (κ2) is 3.71. The number of nitrogens with one attached hydrogen (secondary N) is 2. The third-order valence-electron chi connectivity index (χ3n) is 1.59. The van der Waals surface area contributed by atoms with Gasteiger partial charge < -0.3 is 5.73 Å². The minimum absolute atomic E-state index is 0.0208. The first kappa shape index (κ1) is 9.25. The molecular formula is C9H11N3O. The average molecular weight is 177 g/mol. The number of amides is 2. The van der Waals surface area contributed by atoms with Crippen LogP contribution in [-0.4, -0.2) is 11.9 Å². The van der Waals surface area contributed by atoms with E-state index in [4.69, 9.17) is 11.1 Å². The summed E-state index contributed by atoms with van der Waals surface area (Å²) in [6.07, 6.45) is 0. The second-order valence-electron chi connectivity index (χ2n) is 2.73. The fraction of sp³-hybridized carbons (Fsp3) is 0.111. The Morgan fingerprint density at radius 2 is 1.92 bits per heavy atom. The molecule has 0 fully saturated rings. The molecule has 4 nitrogen and oxygen atoms in total. The monoisotopic (exact) mass is 177 g/mol. The zero-order valence-corrected chi connectivity index (χ0v) is 7.29.